The summed E-state index contributed by atoms with van der Waals surface area (Å²) in [6.07, 6.45) is 2.37. The number of anilines is 1. The molecule has 1 fully saturated rings. The highest BCUT2D eigenvalue weighted by Crippen LogP contribution is 2.40. The fourth-order valence-electron chi connectivity index (χ4n) is 2.05. The minimum atomic E-state index is 0.532. The Hall–Kier alpha value is -1.47. The van der Waals surface area contributed by atoms with Crippen molar-refractivity contribution in [3.63, 3.8) is 0 Å². The van der Waals surface area contributed by atoms with Crippen LogP contribution >= 0.6 is 27.3 Å². The molecule has 2 heterocycles. The van der Waals surface area contributed by atoms with Gasteiger partial charge in [-0.25, -0.2) is 0 Å². The fraction of sp³-hybridized carbons (Fsp3) is 0.250. The van der Waals surface area contributed by atoms with Crippen molar-refractivity contribution >= 4 is 37.9 Å². The fourth-order valence-corrected chi connectivity index (χ4v) is 3.30. The van der Waals surface area contributed by atoms with Crippen molar-refractivity contribution in [3.05, 3.63) is 28.5 Å². The van der Waals surface area contributed by atoms with Crippen LogP contribution in [0, 0.1) is 0 Å². The SMILES string of the molecule is Nc1ccc(Br)cc1-c1nn2c(C3CC3)nnc2s1. The lowest BCUT2D eigenvalue weighted by atomic mass is 10.2. The first kappa shape index (κ1) is 11.4. The van der Waals surface area contributed by atoms with Gasteiger partial charge in [-0.05, 0) is 31.0 Å². The van der Waals surface area contributed by atoms with Crippen molar-refractivity contribution in [1.29, 1.82) is 0 Å². The first-order valence-electron chi connectivity index (χ1n) is 6.00. The molecule has 0 unspecified atom stereocenters. The quantitative estimate of drug-likeness (QED) is 0.730. The zero-order chi connectivity index (χ0) is 13.0. The lowest BCUT2D eigenvalue weighted by Gasteiger charge is -2.01. The summed E-state index contributed by atoms with van der Waals surface area (Å²) in [5, 5.41) is 13.9. The van der Waals surface area contributed by atoms with Gasteiger partial charge in [0.2, 0.25) is 4.96 Å². The molecule has 1 saturated carbocycles. The molecule has 0 amide bonds. The van der Waals surface area contributed by atoms with Crippen LogP contribution in [0.15, 0.2) is 22.7 Å². The van der Waals surface area contributed by atoms with E-state index in [1.165, 1.54) is 24.2 Å². The van der Waals surface area contributed by atoms with Crippen LogP contribution in [0.4, 0.5) is 5.69 Å². The Bertz CT molecular complexity index is 774. The van der Waals surface area contributed by atoms with Gasteiger partial charge < -0.3 is 5.73 Å². The maximum atomic E-state index is 6.02. The summed E-state index contributed by atoms with van der Waals surface area (Å²) in [6, 6.07) is 5.79. The average molecular weight is 336 g/mol. The van der Waals surface area contributed by atoms with Crippen LogP contribution in [0.3, 0.4) is 0 Å². The van der Waals surface area contributed by atoms with E-state index in [-0.39, 0.29) is 0 Å². The van der Waals surface area contributed by atoms with Crippen molar-refractivity contribution in [1.82, 2.24) is 19.8 Å². The van der Waals surface area contributed by atoms with Gasteiger partial charge in [0.15, 0.2) is 5.82 Å². The van der Waals surface area contributed by atoms with Crippen LogP contribution in [0.1, 0.15) is 24.6 Å². The maximum absolute atomic E-state index is 6.02. The van der Waals surface area contributed by atoms with Crippen molar-refractivity contribution in [2.45, 2.75) is 18.8 Å². The molecule has 2 aromatic heterocycles. The number of hydrogen-bond acceptors (Lipinski definition) is 5. The molecule has 1 aliphatic carbocycles. The van der Waals surface area contributed by atoms with E-state index in [0.29, 0.717) is 5.92 Å². The minimum absolute atomic E-state index is 0.532. The monoisotopic (exact) mass is 335 g/mol. The molecule has 96 valence electrons. The molecule has 1 aliphatic rings. The molecule has 2 N–H and O–H groups in total. The van der Waals surface area contributed by atoms with E-state index in [0.717, 1.165) is 31.5 Å². The largest absolute Gasteiger partial charge is 0.398 e. The molecule has 4 rings (SSSR count). The van der Waals surface area contributed by atoms with Crippen molar-refractivity contribution in [2.24, 2.45) is 0 Å². The van der Waals surface area contributed by atoms with E-state index in [2.05, 4.69) is 31.2 Å². The Labute approximate surface area is 121 Å². The topological polar surface area (TPSA) is 69.1 Å². The van der Waals surface area contributed by atoms with Gasteiger partial charge in [0.05, 0.1) is 0 Å². The van der Waals surface area contributed by atoms with Gasteiger partial charge in [-0.3, -0.25) is 0 Å². The Kier molecular flexibility index (Phi) is 2.40. The highest BCUT2D eigenvalue weighted by molar-refractivity contribution is 9.10. The maximum Gasteiger partial charge on any atom is 0.234 e. The van der Waals surface area contributed by atoms with Crippen molar-refractivity contribution in [2.75, 3.05) is 5.73 Å². The zero-order valence-electron chi connectivity index (χ0n) is 9.88. The molecule has 19 heavy (non-hydrogen) atoms. The summed E-state index contributed by atoms with van der Waals surface area (Å²) in [5.74, 6) is 1.51. The summed E-state index contributed by atoms with van der Waals surface area (Å²) < 4.78 is 2.85. The molecule has 3 aromatic rings. The summed E-state index contributed by atoms with van der Waals surface area (Å²) in [4.78, 5) is 0.830. The Morgan fingerprint density at radius 1 is 1.32 bits per heavy atom. The van der Waals surface area contributed by atoms with Gasteiger partial charge in [0.25, 0.3) is 0 Å². The minimum Gasteiger partial charge on any atom is -0.398 e. The standard InChI is InChI=1S/C12H10BrN5S/c13-7-3-4-9(14)8(5-7)11-17-18-10(6-1-2-6)15-16-12(18)19-11/h3-6H,1-2,14H2. The van der Waals surface area contributed by atoms with Crippen LogP contribution < -0.4 is 5.73 Å². The van der Waals surface area contributed by atoms with Gasteiger partial charge in [-0.1, -0.05) is 27.3 Å². The average Bonchev–Trinajstić information content (AvgIpc) is 3.01. The lowest BCUT2D eigenvalue weighted by molar-refractivity contribution is 0.828. The number of fused-ring (bicyclic) bond motifs is 1. The molecule has 0 bridgehead atoms. The Morgan fingerprint density at radius 3 is 2.95 bits per heavy atom. The third-order valence-corrected chi connectivity index (χ3v) is 4.63. The molecule has 0 saturated heterocycles. The van der Waals surface area contributed by atoms with E-state index in [4.69, 9.17) is 5.73 Å². The van der Waals surface area contributed by atoms with E-state index in [1.54, 1.807) is 0 Å². The highest BCUT2D eigenvalue weighted by Gasteiger charge is 2.30. The number of hydrogen-bond donors (Lipinski definition) is 1. The number of benzene rings is 1. The second-order valence-corrected chi connectivity index (χ2v) is 6.54. The van der Waals surface area contributed by atoms with Crippen molar-refractivity contribution in [3.8, 4) is 10.6 Å². The second kappa shape index (κ2) is 4.01. The normalized spacial score (nSPS) is 15.2. The predicted octanol–water partition coefficient (Wildman–Crippen LogP) is 3.07. The van der Waals surface area contributed by atoms with Crippen LogP contribution in [-0.4, -0.2) is 19.8 Å². The molecule has 0 aliphatic heterocycles. The van der Waals surface area contributed by atoms with E-state index in [9.17, 15) is 0 Å². The molecule has 5 nitrogen and oxygen atoms in total. The number of nitrogens with zero attached hydrogens (tertiary/aromatic N) is 4. The van der Waals surface area contributed by atoms with Gasteiger partial charge in [0.1, 0.15) is 5.01 Å². The number of halogens is 1. The van der Waals surface area contributed by atoms with Crippen LogP contribution in [0.5, 0.6) is 0 Å². The van der Waals surface area contributed by atoms with Crippen LogP contribution in [-0.2, 0) is 0 Å². The first-order chi connectivity index (χ1) is 9.22. The summed E-state index contributed by atoms with van der Waals surface area (Å²) >= 11 is 4.98. The Morgan fingerprint density at radius 2 is 2.16 bits per heavy atom. The number of nitrogen functional groups attached to an aromatic ring is 1. The summed E-state index contributed by atoms with van der Waals surface area (Å²) in [6.45, 7) is 0. The molecular weight excluding hydrogens is 326 g/mol. The van der Waals surface area contributed by atoms with Gasteiger partial charge in [-0.15, -0.1) is 10.2 Å². The summed E-state index contributed by atoms with van der Waals surface area (Å²) in [5.41, 5.74) is 7.68. The molecular formula is C12H10BrN5S. The van der Waals surface area contributed by atoms with E-state index >= 15 is 0 Å². The molecule has 7 heteroatoms. The molecule has 1 aromatic carbocycles. The lowest BCUT2D eigenvalue weighted by Crippen LogP contribution is -1.94. The second-order valence-electron chi connectivity index (χ2n) is 4.67. The van der Waals surface area contributed by atoms with E-state index < -0.39 is 0 Å². The van der Waals surface area contributed by atoms with E-state index in [1.807, 2.05) is 22.7 Å². The van der Waals surface area contributed by atoms with Gasteiger partial charge in [0, 0.05) is 21.6 Å². The third kappa shape index (κ3) is 1.84. The number of rotatable bonds is 2. The van der Waals surface area contributed by atoms with Crippen molar-refractivity contribution < 1.29 is 0 Å². The molecule has 0 atom stereocenters. The zero-order valence-corrected chi connectivity index (χ0v) is 12.3. The van der Waals surface area contributed by atoms with Gasteiger partial charge in [-0.2, -0.15) is 9.61 Å². The first-order valence-corrected chi connectivity index (χ1v) is 7.61. The Balaban J connectivity index is 1.88. The number of aromatic nitrogens is 4. The number of nitrogens with two attached hydrogens (primary N) is 1. The summed E-state index contributed by atoms with van der Waals surface area (Å²) in [7, 11) is 0. The third-order valence-electron chi connectivity index (χ3n) is 3.20. The smallest absolute Gasteiger partial charge is 0.234 e. The van der Waals surface area contributed by atoms with Crippen LogP contribution in [0.2, 0.25) is 0 Å². The van der Waals surface area contributed by atoms with Crippen LogP contribution in [0.25, 0.3) is 15.5 Å². The highest BCUT2D eigenvalue weighted by atomic mass is 79.9. The molecule has 0 radical (unpaired) electrons. The predicted molar refractivity (Wildman–Crippen MR) is 78.2 cm³/mol. The van der Waals surface area contributed by atoms with Gasteiger partial charge >= 0.3 is 0 Å². The molecule has 0 spiro atoms.